The lowest BCUT2D eigenvalue weighted by molar-refractivity contribution is -0.181. The van der Waals surface area contributed by atoms with Crippen molar-refractivity contribution < 1.29 is 14.3 Å². The number of ether oxygens (including phenoxy) is 2. The summed E-state index contributed by atoms with van der Waals surface area (Å²) in [6.07, 6.45) is 1.47. The van der Waals surface area contributed by atoms with Crippen LogP contribution < -0.4 is 0 Å². The Balaban J connectivity index is 1.14. The normalized spacial score (nSPS) is 17.4. The van der Waals surface area contributed by atoms with E-state index < -0.39 is 5.79 Å². The molecule has 0 unspecified atom stereocenters. The van der Waals surface area contributed by atoms with E-state index in [-0.39, 0.29) is 5.91 Å². The van der Waals surface area contributed by atoms with Gasteiger partial charge in [0.15, 0.2) is 5.79 Å². The molecule has 2 fully saturated rings. The maximum Gasteiger partial charge on any atom is 0.253 e. The van der Waals surface area contributed by atoms with E-state index in [0.717, 1.165) is 46.0 Å². The smallest absolute Gasteiger partial charge is 0.253 e. The first-order valence-corrected chi connectivity index (χ1v) is 12.3. The number of hydrogen-bond donors (Lipinski definition) is 0. The molecule has 2 saturated heterocycles. The van der Waals surface area contributed by atoms with Crippen molar-refractivity contribution in [3.63, 3.8) is 0 Å². The molecule has 1 amide bonds. The Morgan fingerprint density at radius 2 is 1.64 bits per heavy atom. The van der Waals surface area contributed by atoms with Crippen molar-refractivity contribution >= 4 is 17.7 Å². The van der Waals surface area contributed by atoms with E-state index in [1.54, 1.807) is 11.8 Å². The summed E-state index contributed by atoms with van der Waals surface area (Å²) in [6.45, 7) is 4.69. The molecular weight excluding hydrogens is 434 g/mol. The van der Waals surface area contributed by atoms with E-state index in [4.69, 9.17) is 9.47 Å². The number of rotatable bonds is 5. The molecule has 1 aromatic heterocycles. The van der Waals surface area contributed by atoms with Gasteiger partial charge in [-0.1, -0.05) is 53.7 Å². The summed E-state index contributed by atoms with van der Waals surface area (Å²) < 4.78 is 11.5. The minimum Gasteiger partial charge on any atom is -0.347 e. The molecule has 0 bridgehead atoms. The van der Waals surface area contributed by atoms with Crippen molar-refractivity contribution in [2.24, 2.45) is 0 Å². The van der Waals surface area contributed by atoms with E-state index in [2.05, 4.69) is 41.4 Å². The number of amides is 1. The van der Waals surface area contributed by atoms with Crippen LogP contribution in [0.1, 0.15) is 34.3 Å². The largest absolute Gasteiger partial charge is 0.347 e. The highest BCUT2D eigenvalue weighted by atomic mass is 32.2. The Labute approximate surface area is 198 Å². The Bertz CT molecular complexity index is 1090. The highest BCUT2D eigenvalue weighted by Crippen LogP contribution is 2.32. The highest BCUT2D eigenvalue weighted by Gasteiger charge is 2.40. The van der Waals surface area contributed by atoms with Crippen molar-refractivity contribution in [1.29, 1.82) is 0 Å². The molecule has 3 aromatic rings. The van der Waals surface area contributed by atoms with Crippen LogP contribution in [0.25, 0.3) is 11.3 Å². The zero-order valence-corrected chi connectivity index (χ0v) is 19.5. The molecule has 7 heteroatoms. The average molecular weight is 462 g/mol. The lowest BCUT2D eigenvalue weighted by Gasteiger charge is -2.37. The monoisotopic (exact) mass is 461 g/mol. The fraction of sp³-hybridized carbons (Fsp3) is 0.346. The fourth-order valence-corrected chi connectivity index (χ4v) is 4.96. The topological polar surface area (TPSA) is 64.6 Å². The molecule has 0 atom stereocenters. The standard InChI is InChI=1S/C26H27N3O3S/c1-19-2-6-21(7-3-19)23-10-11-24(28-27-23)33-18-20-4-8-22(9-5-20)25(30)29-14-12-26(13-15-29)31-16-17-32-26/h2-11H,12-18H2,1H3. The molecule has 0 saturated carbocycles. The number of thioether (sulfide) groups is 1. The van der Waals surface area contributed by atoms with Gasteiger partial charge in [0, 0.05) is 42.8 Å². The third kappa shape index (κ3) is 5.11. The Hall–Kier alpha value is -2.74. The number of piperidine rings is 1. The summed E-state index contributed by atoms with van der Waals surface area (Å²) in [5, 5.41) is 9.61. The molecule has 1 spiro atoms. The molecule has 0 aliphatic carbocycles. The van der Waals surface area contributed by atoms with E-state index >= 15 is 0 Å². The summed E-state index contributed by atoms with van der Waals surface area (Å²) in [5.74, 6) is 0.382. The number of aryl methyl sites for hydroxylation is 1. The molecule has 2 aliphatic heterocycles. The average Bonchev–Trinajstić information content (AvgIpc) is 3.32. The van der Waals surface area contributed by atoms with Gasteiger partial charge in [-0.3, -0.25) is 4.79 Å². The Morgan fingerprint density at radius 3 is 2.27 bits per heavy atom. The van der Waals surface area contributed by atoms with Crippen LogP contribution in [0.15, 0.2) is 65.7 Å². The van der Waals surface area contributed by atoms with Gasteiger partial charge in [0.2, 0.25) is 0 Å². The summed E-state index contributed by atoms with van der Waals surface area (Å²) >= 11 is 1.64. The number of carbonyl (C=O) groups excluding carboxylic acids is 1. The van der Waals surface area contributed by atoms with Gasteiger partial charge in [-0.2, -0.15) is 0 Å². The second kappa shape index (κ2) is 9.63. The van der Waals surface area contributed by atoms with E-state index in [1.807, 2.05) is 41.3 Å². The van der Waals surface area contributed by atoms with Gasteiger partial charge in [0.05, 0.1) is 18.9 Å². The van der Waals surface area contributed by atoms with Gasteiger partial charge in [-0.25, -0.2) is 0 Å². The van der Waals surface area contributed by atoms with Gasteiger partial charge in [-0.05, 0) is 36.8 Å². The van der Waals surface area contributed by atoms with E-state index in [0.29, 0.717) is 26.3 Å². The number of carbonyl (C=O) groups is 1. The van der Waals surface area contributed by atoms with Gasteiger partial charge in [0.25, 0.3) is 5.91 Å². The first kappa shape index (κ1) is 22.1. The molecule has 6 nitrogen and oxygen atoms in total. The van der Waals surface area contributed by atoms with Crippen LogP contribution in [0, 0.1) is 6.92 Å². The zero-order chi connectivity index (χ0) is 22.7. The predicted molar refractivity (Wildman–Crippen MR) is 128 cm³/mol. The minimum atomic E-state index is -0.459. The number of benzene rings is 2. The number of aromatic nitrogens is 2. The molecule has 3 heterocycles. The molecule has 2 aliphatic rings. The van der Waals surface area contributed by atoms with Crippen LogP contribution in [-0.2, 0) is 15.2 Å². The SMILES string of the molecule is Cc1ccc(-c2ccc(SCc3ccc(C(=O)N4CCC5(CC4)OCCO5)cc3)nn2)cc1. The van der Waals surface area contributed by atoms with E-state index in [1.165, 1.54) is 5.56 Å². The van der Waals surface area contributed by atoms with Crippen molar-refractivity contribution in [3.05, 3.63) is 77.4 Å². The summed E-state index contributed by atoms with van der Waals surface area (Å²) in [7, 11) is 0. The summed E-state index contributed by atoms with van der Waals surface area (Å²) in [6, 6.07) is 20.2. The summed E-state index contributed by atoms with van der Waals surface area (Å²) in [4.78, 5) is 14.8. The molecule has 33 heavy (non-hydrogen) atoms. The van der Waals surface area contributed by atoms with Gasteiger partial charge in [0.1, 0.15) is 5.03 Å². The quantitative estimate of drug-likeness (QED) is 0.512. The predicted octanol–water partition coefficient (Wildman–Crippen LogP) is 4.72. The number of likely N-dealkylation sites (tertiary alicyclic amines) is 1. The first-order valence-electron chi connectivity index (χ1n) is 11.3. The van der Waals surface area contributed by atoms with E-state index in [9.17, 15) is 4.79 Å². The minimum absolute atomic E-state index is 0.0691. The van der Waals surface area contributed by atoms with Crippen LogP contribution >= 0.6 is 11.8 Å². The second-order valence-corrected chi connectivity index (χ2v) is 9.50. The van der Waals surface area contributed by atoms with Gasteiger partial charge < -0.3 is 14.4 Å². The molecule has 0 radical (unpaired) electrons. The lowest BCUT2D eigenvalue weighted by Crippen LogP contribution is -2.47. The Kier molecular flexibility index (Phi) is 6.44. The fourth-order valence-electron chi connectivity index (χ4n) is 4.19. The van der Waals surface area contributed by atoms with Gasteiger partial charge in [-0.15, -0.1) is 10.2 Å². The van der Waals surface area contributed by atoms with Crippen LogP contribution in [0.2, 0.25) is 0 Å². The summed E-state index contributed by atoms with van der Waals surface area (Å²) in [5.41, 5.74) is 5.03. The lowest BCUT2D eigenvalue weighted by atomic mass is 10.0. The van der Waals surface area contributed by atoms with Crippen LogP contribution in [0.3, 0.4) is 0 Å². The molecular formula is C26H27N3O3S. The van der Waals surface area contributed by atoms with Crippen LogP contribution in [0.4, 0.5) is 0 Å². The van der Waals surface area contributed by atoms with Crippen molar-refractivity contribution in [1.82, 2.24) is 15.1 Å². The first-order chi connectivity index (χ1) is 16.1. The highest BCUT2D eigenvalue weighted by molar-refractivity contribution is 7.98. The third-order valence-electron chi connectivity index (χ3n) is 6.20. The van der Waals surface area contributed by atoms with Crippen LogP contribution in [0.5, 0.6) is 0 Å². The maximum atomic E-state index is 12.9. The van der Waals surface area contributed by atoms with Crippen molar-refractivity contribution in [3.8, 4) is 11.3 Å². The van der Waals surface area contributed by atoms with Crippen molar-refractivity contribution in [2.45, 2.75) is 36.3 Å². The molecule has 5 rings (SSSR count). The maximum absolute atomic E-state index is 12.9. The Morgan fingerprint density at radius 1 is 0.939 bits per heavy atom. The zero-order valence-electron chi connectivity index (χ0n) is 18.7. The second-order valence-electron chi connectivity index (χ2n) is 8.51. The number of hydrogen-bond acceptors (Lipinski definition) is 6. The molecule has 0 N–H and O–H groups in total. The molecule has 170 valence electrons. The van der Waals surface area contributed by atoms with Crippen LogP contribution in [-0.4, -0.2) is 53.1 Å². The molecule has 2 aromatic carbocycles. The third-order valence-corrected chi connectivity index (χ3v) is 7.19. The van der Waals surface area contributed by atoms with Gasteiger partial charge >= 0.3 is 0 Å². The van der Waals surface area contributed by atoms with Crippen molar-refractivity contribution in [2.75, 3.05) is 26.3 Å². The number of nitrogens with zero attached hydrogens (tertiary/aromatic N) is 3.